The summed E-state index contributed by atoms with van der Waals surface area (Å²) in [5, 5.41) is 2.87. The first-order chi connectivity index (χ1) is 7.98. The lowest BCUT2D eigenvalue weighted by atomic mass is 10.1. The fourth-order valence-electron chi connectivity index (χ4n) is 1.48. The van der Waals surface area contributed by atoms with Gasteiger partial charge < -0.3 is 5.32 Å². The van der Waals surface area contributed by atoms with E-state index in [9.17, 15) is 8.42 Å². The number of hydrogen-bond acceptors (Lipinski definition) is 4. The standard InChI is InChI=1S/C10H9BrN2O3S/c11-7-1-2-10(17(14,15)16)8(5-7)9-3-4-12-6-13-9/h1-5,12H,6H2,(H,14,15,16). The van der Waals surface area contributed by atoms with Gasteiger partial charge in [-0.2, -0.15) is 8.42 Å². The van der Waals surface area contributed by atoms with Crippen LogP contribution in [0.25, 0.3) is 0 Å². The minimum Gasteiger partial charge on any atom is -0.372 e. The third kappa shape index (κ3) is 2.74. The number of aliphatic imine (C=N–C) groups is 1. The normalized spacial score (nSPS) is 15.3. The maximum Gasteiger partial charge on any atom is 0.295 e. The van der Waals surface area contributed by atoms with Crippen LogP contribution in [0.4, 0.5) is 0 Å². The lowest BCUT2D eigenvalue weighted by Crippen LogP contribution is -2.16. The average Bonchev–Trinajstić information content (AvgIpc) is 2.28. The van der Waals surface area contributed by atoms with Crippen LogP contribution < -0.4 is 5.32 Å². The smallest absolute Gasteiger partial charge is 0.295 e. The molecule has 0 atom stereocenters. The second-order valence-corrected chi connectivity index (χ2v) is 5.66. The number of nitrogens with one attached hydrogen (secondary N) is 1. The van der Waals surface area contributed by atoms with Gasteiger partial charge in [-0.25, -0.2) is 0 Å². The van der Waals surface area contributed by atoms with Gasteiger partial charge in [0.05, 0.1) is 5.71 Å². The summed E-state index contributed by atoms with van der Waals surface area (Å²) in [5.74, 6) is 0. The van der Waals surface area contributed by atoms with Crippen molar-refractivity contribution in [2.75, 3.05) is 6.67 Å². The molecule has 1 aromatic carbocycles. The summed E-state index contributed by atoms with van der Waals surface area (Å²) < 4.78 is 32.4. The molecular weight excluding hydrogens is 308 g/mol. The molecule has 1 heterocycles. The van der Waals surface area contributed by atoms with Crippen molar-refractivity contribution in [1.29, 1.82) is 0 Å². The number of hydrogen-bond donors (Lipinski definition) is 2. The van der Waals surface area contributed by atoms with Crippen molar-refractivity contribution in [3.8, 4) is 0 Å². The lowest BCUT2D eigenvalue weighted by Gasteiger charge is -2.11. The summed E-state index contributed by atoms with van der Waals surface area (Å²) in [6.07, 6.45) is 3.33. The van der Waals surface area contributed by atoms with Gasteiger partial charge >= 0.3 is 0 Å². The van der Waals surface area contributed by atoms with Gasteiger partial charge in [0.2, 0.25) is 0 Å². The van der Waals surface area contributed by atoms with E-state index in [0.717, 1.165) is 4.47 Å². The summed E-state index contributed by atoms with van der Waals surface area (Å²) in [5.41, 5.74) is 0.886. The second kappa shape index (κ2) is 4.59. The van der Waals surface area contributed by atoms with E-state index in [4.69, 9.17) is 4.55 Å². The predicted molar refractivity (Wildman–Crippen MR) is 67.6 cm³/mol. The highest BCUT2D eigenvalue weighted by Crippen LogP contribution is 2.22. The fraction of sp³-hybridized carbons (Fsp3) is 0.100. The maximum atomic E-state index is 11.3. The topological polar surface area (TPSA) is 78.8 Å². The monoisotopic (exact) mass is 316 g/mol. The van der Waals surface area contributed by atoms with Crippen molar-refractivity contribution < 1.29 is 13.0 Å². The molecule has 1 aliphatic rings. The molecule has 0 amide bonds. The minimum absolute atomic E-state index is 0.147. The molecule has 0 saturated carbocycles. The molecule has 2 N–H and O–H groups in total. The zero-order valence-electron chi connectivity index (χ0n) is 8.59. The second-order valence-electron chi connectivity index (χ2n) is 3.35. The molecule has 0 radical (unpaired) electrons. The first kappa shape index (κ1) is 12.3. The Morgan fingerprint density at radius 2 is 2.18 bits per heavy atom. The molecule has 0 aromatic heterocycles. The number of nitrogens with zero attached hydrogens (tertiary/aromatic N) is 1. The Bertz CT molecular complexity index is 608. The van der Waals surface area contributed by atoms with Crippen molar-refractivity contribution in [3.63, 3.8) is 0 Å². The van der Waals surface area contributed by atoms with Gasteiger partial charge in [-0.1, -0.05) is 15.9 Å². The molecule has 0 unspecified atom stereocenters. The fourth-order valence-corrected chi connectivity index (χ4v) is 2.52. The van der Waals surface area contributed by atoms with Crippen LogP contribution in [0, 0.1) is 0 Å². The molecule has 5 nitrogen and oxygen atoms in total. The molecule has 2 rings (SSSR count). The Balaban J connectivity index is 2.63. The van der Waals surface area contributed by atoms with Crippen molar-refractivity contribution in [2.45, 2.75) is 4.90 Å². The van der Waals surface area contributed by atoms with Gasteiger partial charge in [0, 0.05) is 10.0 Å². The summed E-state index contributed by atoms with van der Waals surface area (Å²) in [4.78, 5) is 3.99. The van der Waals surface area contributed by atoms with Crippen molar-refractivity contribution in [1.82, 2.24) is 5.32 Å². The van der Waals surface area contributed by atoms with E-state index in [2.05, 4.69) is 26.2 Å². The SMILES string of the molecule is O=S(=O)(O)c1ccc(Br)cc1C1=NCNC=C1. The maximum absolute atomic E-state index is 11.3. The van der Waals surface area contributed by atoms with Crippen molar-refractivity contribution in [2.24, 2.45) is 4.99 Å². The summed E-state index contributed by atoms with van der Waals surface area (Å²) in [7, 11) is -4.26. The van der Waals surface area contributed by atoms with Crippen LogP contribution in [-0.4, -0.2) is 25.4 Å². The highest BCUT2D eigenvalue weighted by Gasteiger charge is 2.18. The largest absolute Gasteiger partial charge is 0.372 e. The van der Waals surface area contributed by atoms with Gasteiger partial charge in [-0.15, -0.1) is 0 Å². The van der Waals surface area contributed by atoms with Crippen LogP contribution in [0.15, 0.2) is 44.8 Å². The van der Waals surface area contributed by atoms with Crippen LogP contribution >= 0.6 is 15.9 Å². The van der Waals surface area contributed by atoms with Gasteiger partial charge in [0.15, 0.2) is 0 Å². The Labute approximate surface area is 107 Å². The summed E-state index contributed by atoms with van der Waals surface area (Å²) >= 11 is 3.26. The molecule has 7 heteroatoms. The van der Waals surface area contributed by atoms with Crippen LogP contribution in [0.5, 0.6) is 0 Å². The number of benzene rings is 1. The molecule has 90 valence electrons. The molecule has 0 saturated heterocycles. The predicted octanol–water partition coefficient (Wildman–Crippen LogP) is 1.56. The van der Waals surface area contributed by atoms with Gasteiger partial charge in [0.1, 0.15) is 11.6 Å². The first-order valence-corrected chi connectivity index (χ1v) is 6.93. The molecular formula is C10H9BrN2O3S. The zero-order valence-corrected chi connectivity index (χ0v) is 11.0. The van der Waals surface area contributed by atoms with E-state index in [1.165, 1.54) is 6.07 Å². The van der Waals surface area contributed by atoms with Gasteiger partial charge in [-0.05, 0) is 30.5 Å². The quantitative estimate of drug-likeness (QED) is 0.812. The van der Waals surface area contributed by atoms with Crippen molar-refractivity contribution >= 4 is 31.8 Å². The van der Waals surface area contributed by atoms with Crippen molar-refractivity contribution in [3.05, 3.63) is 40.5 Å². The number of allylic oxidation sites excluding steroid dienone is 1. The minimum atomic E-state index is -4.26. The highest BCUT2D eigenvalue weighted by atomic mass is 79.9. The molecule has 0 spiro atoms. The average molecular weight is 317 g/mol. The third-order valence-corrected chi connectivity index (χ3v) is 3.60. The zero-order chi connectivity index (χ0) is 12.5. The Hall–Kier alpha value is -1.18. The molecule has 17 heavy (non-hydrogen) atoms. The molecule has 0 fully saturated rings. The van der Waals surface area contributed by atoms with E-state index >= 15 is 0 Å². The lowest BCUT2D eigenvalue weighted by molar-refractivity contribution is 0.483. The van der Waals surface area contributed by atoms with Crippen LogP contribution in [-0.2, 0) is 10.1 Å². The molecule has 1 aliphatic heterocycles. The Kier molecular flexibility index (Phi) is 3.32. The number of rotatable bonds is 2. The van der Waals surface area contributed by atoms with E-state index in [0.29, 0.717) is 17.9 Å². The molecule has 1 aromatic rings. The van der Waals surface area contributed by atoms with E-state index in [1.807, 2.05) is 0 Å². The highest BCUT2D eigenvalue weighted by molar-refractivity contribution is 9.10. The first-order valence-electron chi connectivity index (χ1n) is 4.70. The third-order valence-electron chi connectivity index (χ3n) is 2.20. The van der Waals surface area contributed by atoms with Gasteiger partial charge in [0.25, 0.3) is 10.1 Å². The molecule has 0 aliphatic carbocycles. The summed E-state index contributed by atoms with van der Waals surface area (Å²) in [6, 6.07) is 4.50. The van der Waals surface area contributed by atoms with Crippen LogP contribution in [0.1, 0.15) is 5.56 Å². The van der Waals surface area contributed by atoms with E-state index in [1.54, 1.807) is 24.4 Å². The van der Waals surface area contributed by atoms with Crippen LogP contribution in [0.2, 0.25) is 0 Å². The summed E-state index contributed by atoms with van der Waals surface area (Å²) in [6.45, 7) is 0.378. The van der Waals surface area contributed by atoms with E-state index in [-0.39, 0.29) is 4.90 Å². The Morgan fingerprint density at radius 1 is 1.41 bits per heavy atom. The Morgan fingerprint density at radius 3 is 2.76 bits per heavy atom. The van der Waals surface area contributed by atoms with E-state index < -0.39 is 10.1 Å². The molecule has 0 bridgehead atoms. The number of halogens is 1. The van der Waals surface area contributed by atoms with Crippen LogP contribution in [0.3, 0.4) is 0 Å². The van der Waals surface area contributed by atoms with Gasteiger partial charge in [-0.3, -0.25) is 9.55 Å².